The van der Waals surface area contributed by atoms with Crippen LogP contribution in [-0.4, -0.2) is 40.1 Å². The molecular weight excluding hydrogens is 298 g/mol. The molecule has 2 rings (SSSR count). The highest BCUT2D eigenvalue weighted by Crippen LogP contribution is 2.39. The van der Waals surface area contributed by atoms with Crippen LogP contribution < -0.4 is 0 Å². The molecule has 0 amide bonds. The Labute approximate surface area is 138 Å². The van der Waals surface area contributed by atoms with Crippen molar-refractivity contribution in [3.05, 3.63) is 11.3 Å². The van der Waals surface area contributed by atoms with Crippen LogP contribution in [0.1, 0.15) is 52.4 Å². The molecule has 0 bridgehead atoms. The zero-order chi connectivity index (χ0) is 15.9. The van der Waals surface area contributed by atoms with Gasteiger partial charge in [0.1, 0.15) is 12.4 Å². The summed E-state index contributed by atoms with van der Waals surface area (Å²) >= 11 is 2.00. The van der Waals surface area contributed by atoms with Crippen molar-refractivity contribution in [1.82, 2.24) is 0 Å². The molecule has 0 aromatic heterocycles. The molecule has 1 saturated heterocycles. The van der Waals surface area contributed by atoms with Crippen LogP contribution in [0.3, 0.4) is 0 Å². The number of aliphatic hydroxyl groups is 2. The highest BCUT2D eigenvalue weighted by molar-refractivity contribution is 7.99. The van der Waals surface area contributed by atoms with E-state index in [2.05, 4.69) is 12.1 Å². The van der Waals surface area contributed by atoms with Crippen molar-refractivity contribution >= 4 is 17.5 Å². The average Bonchev–Trinajstić information content (AvgIpc) is 2.52. The van der Waals surface area contributed by atoms with Crippen molar-refractivity contribution in [3.8, 4) is 0 Å². The van der Waals surface area contributed by atoms with E-state index in [1.54, 1.807) is 0 Å². The Bertz CT molecular complexity index is 416. The van der Waals surface area contributed by atoms with E-state index in [0.717, 1.165) is 25.0 Å². The molecule has 0 radical (unpaired) electrons. The smallest absolute Gasteiger partial charge is 0.114 e. The molecule has 0 saturated carbocycles. The SMILES string of the molecule is CCCC(=NOCC)C1=C(O)CC(C2CCCSC2)CC1O. The monoisotopic (exact) mass is 327 g/mol. The minimum Gasteiger partial charge on any atom is -0.512 e. The summed E-state index contributed by atoms with van der Waals surface area (Å²) in [6.07, 6.45) is 4.91. The molecule has 1 heterocycles. The molecule has 0 aromatic carbocycles. The van der Waals surface area contributed by atoms with Crippen LogP contribution in [0.15, 0.2) is 16.5 Å². The van der Waals surface area contributed by atoms with E-state index in [9.17, 15) is 10.2 Å². The maximum Gasteiger partial charge on any atom is 0.114 e. The molecule has 0 aromatic rings. The van der Waals surface area contributed by atoms with Gasteiger partial charge in [-0.15, -0.1) is 0 Å². The molecule has 1 aliphatic carbocycles. The molecule has 3 unspecified atom stereocenters. The van der Waals surface area contributed by atoms with Gasteiger partial charge in [0.25, 0.3) is 0 Å². The van der Waals surface area contributed by atoms with E-state index in [4.69, 9.17) is 4.84 Å². The van der Waals surface area contributed by atoms with E-state index in [0.29, 0.717) is 41.9 Å². The zero-order valence-corrected chi connectivity index (χ0v) is 14.6. The molecule has 4 nitrogen and oxygen atoms in total. The van der Waals surface area contributed by atoms with E-state index in [-0.39, 0.29) is 0 Å². The number of hydrogen-bond donors (Lipinski definition) is 2. The summed E-state index contributed by atoms with van der Waals surface area (Å²) in [6, 6.07) is 0. The van der Waals surface area contributed by atoms with Gasteiger partial charge in [-0.05, 0) is 55.9 Å². The zero-order valence-electron chi connectivity index (χ0n) is 13.8. The van der Waals surface area contributed by atoms with Crippen molar-refractivity contribution in [1.29, 1.82) is 0 Å². The van der Waals surface area contributed by atoms with Gasteiger partial charge in [-0.1, -0.05) is 18.5 Å². The van der Waals surface area contributed by atoms with Crippen LogP contribution in [0, 0.1) is 11.8 Å². The Morgan fingerprint density at radius 3 is 2.77 bits per heavy atom. The first kappa shape index (κ1) is 17.7. The van der Waals surface area contributed by atoms with Gasteiger partial charge in [0, 0.05) is 12.0 Å². The lowest BCUT2D eigenvalue weighted by Gasteiger charge is -2.35. The van der Waals surface area contributed by atoms with Gasteiger partial charge in [0.05, 0.1) is 11.8 Å². The molecule has 0 spiro atoms. The van der Waals surface area contributed by atoms with Crippen molar-refractivity contribution in [2.45, 2.75) is 58.5 Å². The summed E-state index contributed by atoms with van der Waals surface area (Å²) in [7, 11) is 0. The van der Waals surface area contributed by atoms with Crippen LogP contribution in [0.25, 0.3) is 0 Å². The third-order valence-corrected chi connectivity index (χ3v) is 5.83. The van der Waals surface area contributed by atoms with Crippen molar-refractivity contribution in [3.63, 3.8) is 0 Å². The molecule has 3 atom stereocenters. The summed E-state index contributed by atoms with van der Waals surface area (Å²) in [5, 5.41) is 25.2. The summed E-state index contributed by atoms with van der Waals surface area (Å²) in [4.78, 5) is 5.17. The molecule has 1 aliphatic heterocycles. The highest BCUT2D eigenvalue weighted by atomic mass is 32.2. The van der Waals surface area contributed by atoms with Crippen LogP contribution >= 0.6 is 11.8 Å². The van der Waals surface area contributed by atoms with Crippen LogP contribution in [0.4, 0.5) is 0 Å². The molecular formula is C17H29NO3S. The van der Waals surface area contributed by atoms with Gasteiger partial charge >= 0.3 is 0 Å². The van der Waals surface area contributed by atoms with Gasteiger partial charge in [0.15, 0.2) is 0 Å². The molecule has 22 heavy (non-hydrogen) atoms. The number of aliphatic hydroxyl groups excluding tert-OH is 2. The molecule has 126 valence electrons. The Hall–Kier alpha value is -0.680. The first-order chi connectivity index (χ1) is 10.7. The number of allylic oxidation sites excluding steroid dienone is 1. The second kappa shape index (κ2) is 8.82. The number of oxime groups is 1. The Morgan fingerprint density at radius 2 is 2.18 bits per heavy atom. The lowest BCUT2D eigenvalue weighted by Crippen LogP contribution is -2.33. The minimum absolute atomic E-state index is 0.325. The van der Waals surface area contributed by atoms with Crippen molar-refractivity contribution in [2.24, 2.45) is 17.0 Å². The fourth-order valence-electron chi connectivity index (χ4n) is 3.50. The predicted octanol–water partition coefficient (Wildman–Crippen LogP) is 3.91. The van der Waals surface area contributed by atoms with Gasteiger partial charge in [0.2, 0.25) is 0 Å². The standard InChI is InChI=1S/C17H29NO3S/c1-3-6-14(18-21-4-2)17-15(19)9-13(10-16(17)20)12-7-5-8-22-11-12/h12-13,15,19-20H,3-11H2,1-2H3. The fraction of sp³-hybridized carbons (Fsp3) is 0.824. The van der Waals surface area contributed by atoms with Crippen LogP contribution in [-0.2, 0) is 4.84 Å². The molecule has 2 N–H and O–H groups in total. The summed E-state index contributed by atoms with van der Waals surface area (Å²) in [6.45, 7) is 4.45. The Kier molecular flexibility index (Phi) is 7.09. The maximum atomic E-state index is 10.6. The third kappa shape index (κ3) is 4.42. The number of hydrogen-bond acceptors (Lipinski definition) is 5. The topological polar surface area (TPSA) is 62.0 Å². The van der Waals surface area contributed by atoms with Crippen LogP contribution in [0.2, 0.25) is 0 Å². The first-order valence-corrected chi connectivity index (χ1v) is 9.69. The summed E-state index contributed by atoms with van der Waals surface area (Å²) in [5.41, 5.74) is 1.33. The lowest BCUT2D eigenvalue weighted by atomic mass is 9.76. The van der Waals surface area contributed by atoms with Gasteiger partial charge < -0.3 is 15.1 Å². The van der Waals surface area contributed by atoms with Crippen molar-refractivity contribution < 1.29 is 15.1 Å². The van der Waals surface area contributed by atoms with E-state index in [1.807, 2.05) is 18.7 Å². The van der Waals surface area contributed by atoms with E-state index < -0.39 is 6.10 Å². The van der Waals surface area contributed by atoms with Gasteiger partial charge in [-0.3, -0.25) is 0 Å². The van der Waals surface area contributed by atoms with Gasteiger partial charge in [-0.2, -0.15) is 11.8 Å². The van der Waals surface area contributed by atoms with Crippen molar-refractivity contribution in [2.75, 3.05) is 18.1 Å². The normalized spacial score (nSPS) is 30.5. The molecule has 1 fully saturated rings. The minimum atomic E-state index is -0.614. The molecule has 2 aliphatic rings. The van der Waals surface area contributed by atoms with Gasteiger partial charge in [-0.25, -0.2) is 0 Å². The fourth-order valence-corrected chi connectivity index (χ4v) is 4.78. The number of nitrogens with zero attached hydrogens (tertiary/aromatic N) is 1. The summed E-state index contributed by atoms with van der Waals surface area (Å²) < 4.78 is 0. The quantitative estimate of drug-likeness (QED) is 0.573. The predicted molar refractivity (Wildman–Crippen MR) is 92.4 cm³/mol. The first-order valence-electron chi connectivity index (χ1n) is 8.54. The lowest BCUT2D eigenvalue weighted by molar-refractivity contribution is 0.124. The second-order valence-electron chi connectivity index (χ2n) is 6.26. The maximum absolute atomic E-state index is 10.6. The van der Waals surface area contributed by atoms with Crippen LogP contribution in [0.5, 0.6) is 0 Å². The average molecular weight is 327 g/mol. The second-order valence-corrected chi connectivity index (χ2v) is 7.41. The highest BCUT2D eigenvalue weighted by Gasteiger charge is 2.35. The van der Waals surface area contributed by atoms with E-state index >= 15 is 0 Å². The van der Waals surface area contributed by atoms with E-state index in [1.165, 1.54) is 18.6 Å². The Balaban J connectivity index is 2.13. The molecule has 5 heteroatoms. The number of rotatable bonds is 6. The largest absolute Gasteiger partial charge is 0.512 e. The third-order valence-electron chi connectivity index (χ3n) is 4.59. The number of thioether (sulfide) groups is 1. The summed E-state index contributed by atoms with van der Waals surface area (Å²) in [5.74, 6) is 3.75. The Morgan fingerprint density at radius 1 is 1.36 bits per heavy atom.